The quantitative estimate of drug-likeness (QED) is 0.742. The molecule has 0 atom stereocenters. The molecule has 106 valence electrons. The molecule has 2 N–H and O–H groups in total. The van der Waals surface area contributed by atoms with Crippen LogP contribution in [0.5, 0.6) is 0 Å². The number of hydrogen-bond donors (Lipinski definition) is 1. The lowest BCUT2D eigenvalue weighted by molar-refractivity contribution is 0.653. The first-order chi connectivity index (χ1) is 10.1. The second-order valence-electron chi connectivity index (χ2n) is 4.86. The van der Waals surface area contributed by atoms with Crippen LogP contribution in [0.15, 0.2) is 46.9 Å². The van der Waals surface area contributed by atoms with Gasteiger partial charge in [0, 0.05) is 15.7 Å². The summed E-state index contributed by atoms with van der Waals surface area (Å²) in [4.78, 5) is 0. The molecule has 6 heteroatoms. The molecular formula is C15H14BrN5. The predicted molar refractivity (Wildman–Crippen MR) is 85.6 cm³/mol. The third-order valence-electron chi connectivity index (χ3n) is 3.28. The van der Waals surface area contributed by atoms with Crippen LogP contribution in [0.2, 0.25) is 0 Å². The van der Waals surface area contributed by atoms with Crippen molar-refractivity contribution >= 4 is 21.6 Å². The third kappa shape index (κ3) is 2.95. The lowest BCUT2D eigenvalue weighted by atomic mass is 10.1. The van der Waals surface area contributed by atoms with Crippen LogP contribution < -0.4 is 5.73 Å². The fourth-order valence-corrected chi connectivity index (χ4v) is 2.59. The van der Waals surface area contributed by atoms with E-state index in [4.69, 9.17) is 5.73 Å². The molecule has 0 unspecified atom stereocenters. The van der Waals surface area contributed by atoms with E-state index < -0.39 is 0 Å². The third-order valence-corrected chi connectivity index (χ3v) is 3.77. The molecule has 0 radical (unpaired) electrons. The standard InChI is InChI=1S/C15H14BrN5/c1-10-7-12(5-6-14(10)17)15-18-19-20-21(15)9-11-3-2-4-13(16)8-11/h2-8H,9,17H2,1H3. The first kappa shape index (κ1) is 13.8. The topological polar surface area (TPSA) is 69.6 Å². The monoisotopic (exact) mass is 343 g/mol. The first-order valence-electron chi connectivity index (χ1n) is 6.50. The van der Waals surface area contributed by atoms with Gasteiger partial charge in [-0.15, -0.1) is 5.10 Å². The number of halogens is 1. The van der Waals surface area contributed by atoms with Gasteiger partial charge in [-0.1, -0.05) is 28.1 Å². The van der Waals surface area contributed by atoms with Gasteiger partial charge in [0.25, 0.3) is 0 Å². The molecule has 0 spiro atoms. The van der Waals surface area contributed by atoms with Crippen molar-refractivity contribution in [2.24, 2.45) is 0 Å². The maximum atomic E-state index is 5.86. The summed E-state index contributed by atoms with van der Waals surface area (Å²) in [6.07, 6.45) is 0. The molecule has 0 aliphatic rings. The Kier molecular flexibility index (Phi) is 3.70. The molecule has 5 nitrogen and oxygen atoms in total. The van der Waals surface area contributed by atoms with E-state index in [1.54, 1.807) is 4.68 Å². The minimum Gasteiger partial charge on any atom is -0.399 e. The van der Waals surface area contributed by atoms with Gasteiger partial charge in [0.05, 0.1) is 6.54 Å². The van der Waals surface area contributed by atoms with E-state index in [0.29, 0.717) is 6.54 Å². The average molecular weight is 344 g/mol. The molecule has 1 aromatic heterocycles. The fraction of sp³-hybridized carbons (Fsp3) is 0.133. The van der Waals surface area contributed by atoms with Crippen molar-refractivity contribution in [1.82, 2.24) is 20.2 Å². The molecule has 3 rings (SSSR count). The van der Waals surface area contributed by atoms with Gasteiger partial charge in [0.1, 0.15) is 0 Å². The summed E-state index contributed by atoms with van der Waals surface area (Å²) >= 11 is 3.47. The average Bonchev–Trinajstić information content (AvgIpc) is 2.90. The van der Waals surface area contributed by atoms with Crippen molar-refractivity contribution in [3.05, 3.63) is 58.1 Å². The van der Waals surface area contributed by atoms with Crippen molar-refractivity contribution in [2.45, 2.75) is 13.5 Å². The number of benzene rings is 2. The Balaban J connectivity index is 1.95. The number of nitrogens with two attached hydrogens (primary N) is 1. The smallest absolute Gasteiger partial charge is 0.182 e. The summed E-state index contributed by atoms with van der Waals surface area (Å²) in [6, 6.07) is 13.9. The van der Waals surface area contributed by atoms with E-state index in [1.807, 2.05) is 43.3 Å². The maximum absolute atomic E-state index is 5.86. The Morgan fingerprint density at radius 3 is 2.81 bits per heavy atom. The van der Waals surface area contributed by atoms with Gasteiger partial charge in [0.15, 0.2) is 5.82 Å². The van der Waals surface area contributed by atoms with Gasteiger partial charge in [-0.25, -0.2) is 4.68 Å². The lowest BCUT2D eigenvalue weighted by Gasteiger charge is -2.07. The summed E-state index contributed by atoms with van der Waals surface area (Å²) in [5.74, 6) is 0.734. The second-order valence-corrected chi connectivity index (χ2v) is 5.78. The van der Waals surface area contributed by atoms with Gasteiger partial charge >= 0.3 is 0 Å². The van der Waals surface area contributed by atoms with Gasteiger partial charge in [0.2, 0.25) is 0 Å². The Labute approximate surface area is 130 Å². The molecule has 0 bridgehead atoms. The summed E-state index contributed by atoms with van der Waals surface area (Å²) < 4.78 is 2.82. The number of tetrazole rings is 1. The molecule has 0 amide bonds. The number of rotatable bonds is 3. The molecule has 1 heterocycles. The van der Waals surface area contributed by atoms with E-state index in [0.717, 1.165) is 32.7 Å². The number of hydrogen-bond acceptors (Lipinski definition) is 4. The molecule has 0 saturated carbocycles. The maximum Gasteiger partial charge on any atom is 0.182 e. The van der Waals surface area contributed by atoms with Gasteiger partial charge in [-0.05, 0) is 58.8 Å². The Morgan fingerprint density at radius 1 is 1.19 bits per heavy atom. The largest absolute Gasteiger partial charge is 0.399 e. The first-order valence-corrected chi connectivity index (χ1v) is 7.30. The molecule has 2 aromatic carbocycles. The van der Waals surface area contributed by atoms with Crippen LogP contribution in [-0.2, 0) is 6.54 Å². The minimum atomic E-state index is 0.616. The zero-order valence-electron chi connectivity index (χ0n) is 11.5. The SMILES string of the molecule is Cc1cc(-c2nnnn2Cc2cccc(Br)c2)ccc1N. The van der Waals surface area contributed by atoms with Crippen LogP contribution >= 0.6 is 15.9 Å². The van der Waals surface area contributed by atoms with Crippen molar-refractivity contribution in [3.63, 3.8) is 0 Å². The highest BCUT2D eigenvalue weighted by Crippen LogP contribution is 2.22. The summed E-state index contributed by atoms with van der Waals surface area (Å²) in [6.45, 7) is 2.59. The molecule has 21 heavy (non-hydrogen) atoms. The van der Waals surface area contributed by atoms with E-state index in [2.05, 4.69) is 37.5 Å². The fourth-order valence-electron chi connectivity index (χ4n) is 2.14. The van der Waals surface area contributed by atoms with Crippen LogP contribution in [0.4, 0.5) is 5.69 Å². The molecular weight excluding hydrogens is 330 g/mol. The number of nitrogens with zero attached hydrogens (tertiary/aromatic N) is 4. The van der Waals surface area contributed by atoms with Crippen molar-refractivity contribution in [3.8, 4) is 11.4 Å². The molecule has 3 aromatic rings. The summed E-state index contributed by atoms with van der Waals surface area (Å²) in [5, 5.41) is 12.0. The normalized spacial score (nSPS) is 10.8. The Morgan fingerprint density at radius 2 is 2.05 bits per heavy atom. The summed E-state index contributed by atoms with van der Waals surface area (Å²) in [5.41, 5.74) is 9.73. The minimum absolute atomic E-state index is 0.616. The van der Waals surface area contributed by atoms with Crippen molar-refractivity contribution in [2.75, 3.05) is 5.73 Å². The van der Waals surface area contributed by atoms with Gasteiger partial charge in [-0.2, -0.15) is 0 Å². The molecule has 0 aliphatic heterocycles. The zero-order valence-corrected chi connectivity index (χ0v) is 13.1. The van der Waals surface area contributed by atoms with E-state index in [9.17, 15) is 0 Å². The predicted octanol–water partition coefficient (Wildman–Crippen LogP) is 3.04. The van der Waals surface area contributed by atoms with Crippen molar-refractivity contribution < 1.29 is 0 Å². The van der Waals surface area contributed by atoms with Crippen LogP contribution in [0, 0.1) is 6.92 Å². The van der Waals surface area contributed by atoms with Gasteiger partial charge < -0.3 is 5.73 Å². The number of nitrogen functional groups attached to an aromatic ring is 1. The van der Waals surface area contributed by atoms with Crippen LogP contribution in [0.25, 0.3) is 11.4 Å². The zero-order chi connectivity index (χ0) is 14.8. The van der Waals surface area contributed by atoms with Crippen LogP contribution in [0.3, 0.4) is 0 Å². The van der Waals surface area contributed by atoms with E-state index in [-0.39, 0.29) is 0 Å². The van der Waals surface area contributed by atoms with E-state index in [1.165, 1.54) is 0 Å². The number of aryl methyl sites for hydroxylation is 1. The van der Waals surface area contributed by atoms with Crippen LogP contribution in [0.1, 0.15) is 11.1 Å². The molecule has 0 aliphatic carbocycles. The molecule has 0 fully saturated rings. The second kappa shape index (κ2) is 5.65. The number of aromatic nitrogens is 4. The van der Waals surface area contributed by atoms with E-state index >= 15 is 0 Å². The number of anilines is 1. The van der Waals surface area contributed by atoms with Crippen LogP contribution in [-0.4, -0.2) is 20.2 Å². The molecule has 0 saturated heterocycles. The summed E-state index contributed by atoms with van der Waals surface area (Å²) in [7, 11) is 0. The highest BCUT2D eigenvalue weighted by atomic mass is 79.9. The Bertz CT molecular complexity index is 781. The lowest BCUT2D eigenvalue weighted by Crippen LogP contribution is -2.04. The highest BCUT2D eigenvalue weighted by Gasteiger charge is 2.10. The van der Waals surface area contributed by atoms with Crippen molar-refractivity contribution in [1.29, 1.82) is 0 Å². The van der Waals surface area contributed by atoms with Gasteiger partial charge in [-0.3, -0.25) is 0 Å². The Hall–Kier alpha value is -2.21. The highest BCUT2D eigenvalue weighted by molar-refractivity contribution is 9.10.